The number of nitrogens with zero attached hydrogens (tertiary/aromatic N) is 1. The van der Waals surface area contributed by atoms with Crippen molar-refractivity contribution in [3.05, 3.63) is 17.2 Å². The van der Waals surface area contributed by atoms with Crippen LogP contribution in [0.25, 0.3) is 0 Å². The predicted octanol–water partition coefficient (Wildman–Crippen LogP) is 3.93. The SMILES string of the molecule is CCCCCCCCCCc1[nH]nc(C(=O)O)c1F. The summed E-state index contributed by atoms with van der Waals surface area (Å²) in [6.07, 6.45) is 9.96. The Balaban J connectivity index is 2.14. The summed E-state index contributed by atoms with van der Waals surface area (Å²) in [4.78, 5) is 10.6. The predicted molar refractivity (Wildman–Crippen MR) is 71.8 cm³/mol. The van der Waals surface area contributed by atoms with Gasteiger partial charge in [0.25, 0.3) is 0 Å². The number of hydrogen-bond donors (Lipinski definition) is 2. The Bertz CT molecular complexity index is 391. The van der Waals surface area contributed by atoms with E-state index in [1.807, 2.05) is 0 Å². The molecule has 108 valence electrons. The van der Waals surface area contributed by atoms with Gasteiger partial charge in [-0.05, 0) is 12.8 Å². The van der Waals surface area contributed by atoms with E-state index in [0.29, 0.717) is 12.1 Å². The summed E-state index contributed by atoms with van der Waals surface area (Å²) in [5.74, 6) is -2.04. The minimum atomic E-state index is -1.32. The summed E-state index contributed by atoms with van der Waals surface area (Å²) in [5.41, 5.74) is -0.196. The van der Waals surface area contributed by atoms with E-state index in [4.69, 9.17) is 5.11 Å². The third-order valence-electron chi connectivity index (χ3n) is 3.26. The van der Waals surface area contributed by atoms with Gasteiger partial charge in [0.1, 0.15) is 0 Å². The van der Waals surface area contributed by atoms with Gasteiger partial charge >= 0.3 is 5.97 Å². The number of rotatable bonds is 10. The van der Waals surface area contributed by atoms with E-state index >= 15 is 0 Å². The van der Waals surface area contributed by atoms with Crippen molar-refractivity contribution in [3.8, 4) is 0 Å². The quantitative estimate of drug-likeness (QED) is 0.633. The topological polar surface area (TPSA) is 66.0 Å². The summed E-state index contributed by atoms with van der Waals surface area (Å²) in [5, 5.41) is 14.6. The van der Waals surface area contributed by atoms with Crippen molar-refractivity contribution >= 4 is 5.97 Å². The maximum absolute atomic E-state index is 13.5. The lowest BCUT2D eigenvalue weighted by Crippen LogP contribution is -2.00. The zero-order chi connectivity index (χ0) is 14.1. The number of aromatic carboxylic acids is 1. The molecule has 1 heterocycles. The van der Waals surface area contributed by atoms with Crippen molar-refractivity contribution in [1.29, 1.82) is 0 Å². The molecule has 0 aliphatic rings. The maximum Gasteiger partial charge on any atom is 0.359 e. The monoisotopic (exact) mass is 270 g/mol. The van der Waals surface area contributed by atoms with Crippen LogP contribution in [0.15, 0.2) is 0 Å². The summed E-state index contributed by atoms with van der Waals surface area (Å²) in [6, 6.07) is 0. The van der Waals surface area contributed by atoms with Crippen molar-refractivity contribution in [1.82, 2.24) is 10.2 Å². The van der Waals surface area contributed by atoms with E-state index in [9.17, 15) is 9.18 Å². The number of aryl methyl sites for hydroxylation is 1. The van der Waals surface area contributed by atoms with Crippen molar-refractivity contribution in [2.45, 2.75) is 64.7 Å². The molecule has 0 saturated carbocycles. The van der Waals surface area contributed by atoms with E-state index < -0.39 is 17.5 Å². The van der Waals surface area contributed by atoms with Crippen LogP contribution in [-0.4, -0.2) is 21.3 Å². The zero-order valence-electron chi connectivity index (χ0n) is 11.5. The van der Waals surface area contributed by atoms with Gasteiger partial charge in [-0.1, -0.05) is 51.9 Å². The smallest absolute Gasteiger partial charge is 0.359 e. The first kappa shape index (κ1) is 15.7. The highest BCUT2D eigenvalue weighted by Crippen LogP contribution is 2.14. The van der Waals surface area contributed by atoms with Gasteiger partial charge in [-0.15, -0.1) is 0 Å². The summed E-state index contributed by atoms with van der Waals surface area (Å²) < 4.78 is 13.5. The first-order valence-electron chi connectivity index (χ1n) is 7.12. The highest BCUT2D eigenvalue weighted by atomic mass is 19.1. The van der Waals surface area contributed by atoms with Crippen LogP contribution in [0.3, 0.4) is 0 Å². The molecule has 1 aromatic heterocycles. The number of carboxylic acid groups (broad SMARTS) is 1. The normalized spacial score (nSPS) is 10.8. The van der Waals surface area contributed by atoms with E-state index in [1.165, 1.54) is 32.1 Å². The summed E-state index contributed by atoms with van der Waals surface area (Å²) in [7, 11) is 0. The van der Waals surface area contributed by atoms with Crippen LogP contribution in [0.5, 0.6) is 0 Å². The highest BCUT2D eigenvalue weighted by Gasteiger charge is 2.18. The van der Waals surface area contributed by atoms with E-state index in [-0.39, 0.29) is 0 Å². The largest absolute Gasteiger partial charge is 0.476 e. The van der Waals surface area contributed by atoms with E-state index in [0.717, 1.165) is 19.3 Å². The van der Waals surface area contributed by atoms with Crippen LogP contribution in [0.2, 0.25) is 0 Å². The molecule has 0 fully saturated rings. The molecular formula is C14H23FN2O2. The second-order valence-electron chi connectivity index (χ2n) is 4.89. The Morgan fingerprint density at radius 3 is 2.26 bits per heavy atom. The minimum Gasteiger partial charge on any atom is -0.476 e. The van der Waals surface area contributed by atoms with Crippen LogP contribution < -0.4 is 0 Å². The average molecular weight is 270 g/mol. The number of halogens is 1. The first-order chi connectivity index (χ1) is 9.16. The average Bonchev–Trinajstić information content (AvgIpc) is 2.74. The second kappa shape index (κ2) is 8.67. The standard InChI is InChI=1S/C14H23FN2O2/c1-2-3-4-5-6-7-8-9-10-11-12(15)13(14(18)19)17-16-11/h2-10H2,1H3,(H,16,17)(H,18,19). The van der Waals surface area contributed by atoms with Crippen LogP contribution in [-0.2, 0) is 6.42 Å². The molecule has 4 nitrogen and oxygen atoms in total. The Labute approximate surface area is 113 Å². The number of carbonyl (C=O) groups is 1. The van der Waals surface area contributed by atoms with Crippen LogP contribution in [0.4, 0.5) is 4.39 Å². The van der Waals surface area contributed by atoms with Gasteiger partial charge in [0, 0.05) is 0 Å². The summed E-state index contributed by atoms with van der Waals surface area (Å²) in [6.45, 7) is 2.20. The van der Waals surface area contributed by atoms with Gasteiger partial charge in [0.05, 0.1) is 5.69 Å². The fourth-order valence-electron chi connectivity index (χ4n) is 2.11. The molecule has 0 spiro atoms. The molecule has 1 aromatic rings. The number of hydrogen-bond acceptors (Lipinski definition) is 2. The van der Waals surface area contributed by atoms with Crippen molar-refractivity contribution in [2.75, 3.05) is 0 Å². The van der Waals surface area contributed by atoms with Crippen molar-refractivity contribution < 1.29 is 14.3 Å². The number of H-pyrrole nitrogens is 1. The molecule has 0 aliphatic heterocycles. The third kappa shape index (κ3) is 5.41. The molecule has 0 unspecified atom stereocenters. The van der Waals surface area contributed by atoms with E-state index in [2.05, 4.69) is 17.1 Å². The lowest BCUT2D eigenvalue weighted by atomic mass is 10.1. The molecular weight excluding hydrogens is 247 g/mol. The third-order valence-corrected chi connectivity index (χ3v) is 3.26. The highest BCUT2D eigenvalue weighted by molar-refractivity contribution is 5.85. The number of carboxylic acids is 1. The Kier molecular flexibility index (Phi) is 7.15. The Morgan fingerprint density at radius 1 is 1.16 bits per heavy atom. The fraction of sp³-hybridized carbons (Fsp3) is 0.714. The van der Waals surface area contributed by atoms with Gasteiger partial charge in [0.2, 0.25) is 5.69 Å². The fourth-order valence-corrected chi connectivity index (χ4v) is 2.11. The van der Waals surface area contributed by atoms with Gasteiger partial charge in [-0.3, -0.25) is 5.10 Å². The molecule has 0 aliphatic carbocycles. The molecule has 0 radical (unpaired) electrons. The first-order valence-corrected chi connectivity index (χ1v) is 7.12. The second-order valence-corrected chi connectivity index (χ2v) is 4.89. The molecule has 5 heteroatoms. The molecule has 0 bridgehead atoms. The van der Waals surface area contributed by atoms with Crippen LogP contribution >= 0.6 is 0 Å². The molecule has 1 rings (SSSR count). The minimum absolute atomic E-state index is 0.309. The number of nitrogens with one attached hydrogen (secondary N) is 1. The zero-order valence-corrected chi connectivity index (χ0v) is 11.5. The Morgan fingerprint density at radius 2 is 1.74 bits per heavy atom. The summed E-state index contributed by atoms with van der Waals surface area (Å²) >= 11 is 0. The van der Waals surface area contributed by atoms with Gasteiger partial charge in [-0.2, -0.15) is 5.10 Å². The number of aromatic amines is 1. The lowest BCUT2D eigenvalue weighted by Gasteiger charge is -2.01. The molecule has 0 aromatic carbocycles. The maximum atomic E-state index is 13.5. The van der Waals surface area contributed by atoms with Crippen LogP contribution in [0, 0.1) is 5.82 Å². The van der Waals surface area contributed by atoms with Gasteiger partial charge in [-0.25, -0.2) is 9.18 Å². The lowest BCUT2D eigenvalue weighted by molar-refractivity contribution is 0.0685. The Hall–Kier alpha value is -1.39. The van der Waals surface area contributed by atoms with Gasteiger partial charge in [0.15, 0.2) is 5.82 Å². The van der Waals surface area contributed by atoms with E-state index in [1.54, 1.807) is 0 Å². The molecule has 0 amide bonds. The van der Waals surface area contributed by atoms with Crippen molar-refractivity contribution in [2.24, 2.45) is 0 Å². The number of unbranched alkanes of at least 4 members (excludes halogenated alkanes) is 7. The molecule has 0 atom stereocenters. The van der Waals surface area contributed by atoms with Gasteiger partial charge < -0.3 is 5.11 Å². The van der Waals surface area contributed by atoms with Crippen molar-refractivity contribution in [3.63, 3.8) is 0 Å². The molecule has 2 N–H and O–H groups in total. The van der Waals surface area contributed by atoms with Crippen LogP contribution in [0.1, 0.15) is 74.5 Å². The molecule has 19 heavy (non-hydrogen) atoms. The molecule has 0 saturated heterocycles. The number of aromatic nitrogens is 2.